The van der Waals surface area contributed by atoms with Gasteiger partial charge in [0.05, 0.1) is 5.69 Å². The Kier molecular flexibility index (Phi) is 5.63. The fourth-order valence-electron chi connectivity index (χ4n) is 1.77. The fourth-order valence-corrected chi connectivity index (χ4v) is 2.90. The zero-order valence-electron chi connectivity index (χ0n) is 10.5. The summed E-state index contributed by atoms with van der Waals surface area (Å²) in [6, 6.07) is 5.49. The van der Waals surface area contributed by atoms with Crippen molar-refractivity contribution in [2.45, 2.75) is 13.0 Å². The van der Waals surface area contributed by atoms with Gasteiger partial charge in [-0.1, -0.05) is 0 Å². The molecule has 0 unspecified atom stereocenters. The third kappa shape index (κ3) is 4.61. The maximum absolute atomic E-state index is 13.0. The van der Waals surface area contributed by atoms with Crippen LogP contribution < -0.4 is 5.32 Å². The lowest BCUT2D eigenvalue weighted by atomic mass is 10.1. The lowest BCUT2D eigenvalue weighted by molar-refractivity contribution is 0.577. The van der Waals surface area contributed by atoms with E-state index < -0.39 is 11.6 Å². The summed E-state index contributed by atoms with van der Waals surface area (Å²) in [5.74, 6) is -1.09. The van der Waals surface area contributed by atoms with Gasteiger partial charge in [-0.2, -0.15) is 0 Å². The van der Waals surface area contributed by atoms with Crippen LogP contribution in [-0.4, -0.2) is 11.5 Å². The topological polar surface area (TPSA) is 24.9 Å². The first-order valence-corrected chi connectivity index (χ1v) is 7.59. The number of hydrogen-bond acceptors (Lipinski definition) is 2. The monoisotopic (exact) mass is 404 g/mol. The van der Waals surface area contributed by atoms with Gasteiger partial charge in [-0.15, -0.1) is 0 Å². The molecule has 0 fully saturated rings. The van der Waals surface area contributed by atoms with E-state index in [0.29, 0.717) is 25.1 Å². The Morgan fingerprint density at radius 2 is 1.75 bits per heavy atom. The molecule has 1 heterocycles. The number of pyridine rings is 1. The van der Waals surface area contributed by atoms with E-state index in [2.05, 4.69) is 42.2 Å². The summed E-state index contributed by atoms with van der Waals surface area (Å²) in [5.41, 5.74) is 1.52. The van der Waals surface area contributed by atoms with Gasteiger partial charge >= 0.3 is 0 Å². The molecule has 2 aromatic rings. The number of halogens is 4. The molecule has 106 valence electrons. The molecular weight excluding hydrogens is 394 g/mol. The molecule has 6 heteroatoms. The number of nitrogens with zero attached hydrogens (tertiary/aromatic N) is 1. The Labute approximate surface area is 132 Å². The predicted molar refractivity (Wildman–Crippen MR) is 81.4 cm³/mol. The molecule has 2 nitrogen and oxygen atoms in total. The molecule has 1 aromatic carbocycles. The van der Waals surface area contributed by atoms with E-state index in [1.165, 1.54) is 12.1 Å². The molecule has 0 atom stereocenters. The van der Waals surface area contributed by atoms with Crippen molar-refractivity contribution in [2.75, 3.05) is 6.54 Å². The van der Waals surface area contributed by atoms with Gasteiger partial charge in [0, 0.05) is 27.8 Å². The molecular formula is C14H12Br2F2N2. The van der Waals surface area contributed by atoms with Crippen LogP contribution in [0.15, 0.2) is 39.4 Å². The van der Waals surface area contributed by atoms with Gasteiger partial charge in [0.2, 0.25) is 0 Å². The minimum atomic E-state index is -0.544. The molecule has 0 aliphatic rings. The third-order valence-electron chi connectivity index (χ3n) is 2.69. The van der Waals surface area contributed by atoms with Crippen LogP contribution in [0.4, 0.5) is 8.78 Å². The third-order valence-corrected chi connectivity index (χ3v) is 3.81. The zero-order valence-corrected chi connectivity index (χ0v) is 13.6. The second kappa shape index (κ2) is 7.24. The Morgan fingerprint density at radius 1 is 1.05 bits per heavy atom. The normalized spacial score (nSPS) is 10.8. The quantitative estimate of drug-likeness (QED) is 0.753. The van der Waals surface area contributed by atoms with Gasteiger partial charge in [0.25, 0.3) is 0 Å². The molecule has 0 saturated heterocycles. The number of aromatic nitrogens is 1. The first-order valence-electron chi connectivity index (χ1n) is 6.00. The fraction of sp³-hybridized carbons (Fsp3) is 0.214. The Bertz CT molecular complexity index is 585. The number of nitrogens with one attached hydrogen (secondary N) is 1. The number of hydrogen-bond donors (Lipinski definition) is 1. The first kappa shape index (κ1) is 15.5. The molecule has 0 radical (unpaired) electrons. The SMILES string of the molecule is Fc1cc(F)cc(CCNCc2ncc(Br)cc2Br)c1. The van der Waals surface area contributed by atoms with Crippen molar-refractivity contribution >= 4 is 31.9 Å². The molecule has 1 aromatic heterocycles. The molecule has 20 heavy (non-hydrogen) atoms. The van der Waals surface area contributed by atoms with Crippen LogP contribution in [0.1, 0.15) is 11.3 Å². The molecule has 0 aliphatic heterocycles. The first-order chi connectivity index (χ1) is 9.54. The summed E-state index contributed by atoms with van der Waals surface area (Å²) in [4.78, 5) is 4.27. The van der Waals surface area contributed by atoms with Gasteiger partial charge in [-0.25, -0.2) is 8.78 Å². The summed E-state index contributed by atoms with van der Waals surface area (Å²) in [7, 11) is 0. The summed E-state index contributed by atoms with van der Waals surface area (Å²) < 4.78 is 27.8. The highest BCUT2D eigenvalue weighted by Crippen LogP contribution is 2.19. The Hall–Kier alpha value is -0.850. The van der Waals surface area contributed by atoms with Crippen molar-refractivity contribution in [2.24, 2.45) is 0 Å². The van der Waals surface area contributed by atoms with Crippen LogP contribution in [-0.2, 0) is 13.0 Å². The van der Waals surface area contributed by atoms with Crippen molar-refractivity contribution in [1.29, 1.82) is 0 Å². The number of benzene rings is 1. The molecule has 0 bridgehead atoms. The minimum absolute atomic E-state index is 0.544. The molecule has 0 saturated carbocycles. The van der Waals surface area contributed by atoms with E-state index in [1.807, 2.05) is 6.07 Å². The largest absolute Gasteiger partial charge is 0.311 e. The van der Waals surface area contributed by atoms with E-state index >= 15 is 0 Å². The summed E-state index contributed by atoms with van der Waals surface area (Å²) >= 11 is 6.77. The Morgan fingerprint density at radius 3 is 2.40 bits per heavy atom. The van der Waals surface area contributed by atoms with E-state index in [1.54, 1.807) is 6.20 Å². The zero-order chi connectivity index (χ0) is 14.5. The van der Waals surface area contributed by atoms with Crippen LogP contribution in [0, 0.1) is 11.6 Å². The lowest BCUT2D eigenvalue weighted by Gasteiger charge is -2.07. The highest BCUT2D eigenvalue weighted by atomic mass is 79.9. The van der Waals surface area contributed by atoms with Gasteiger partial charge < -0.3 is 5.32 Å². The summed E-state index contributed by atoms with van der Waals surface area (Å²) in [5, 5.41) is 3.20. The van der Waals surface area contributed by atoms with Crippen LogP contribution in [0.5, 0.6) is 0 Å². The van der Waals surface area contributed by atoms with Crippen LogP contribution in [0.3, 0.4) is 0 Å². The highest BCUT2D eigenvalue weighted by molar-refractivity contribution is 9.11. The maximum atomic E-state index is 13.0. The summed E-state index contributed by atoms with van der Waals surface area (Å²) in [6.07, 6.45) is 2.28. The van der Waals surface area contributed by atoms with Gasteiger partial charge in [0.1, 0.15) is 11.6 Å². The van der Waals surface area contributed by atoms with Crippen molar-refractivity contribution in [1.82, 2.24) is 10.3 Å². The van der Waals surface area contributed by atoms with Gasteiger partial charge in [-0.05, 0) is 68.6 Å². The molecule has 0 amide bonds. The molecule has 0 spiro atoms. The van der Waals surface area contributed by atoms with Crippen LogP contribution in [0.2, 0.25) is 0 Å². The van der Waals surface area contributed by atoms with Crippen molar-refractivity contribution in [3.05, 3.63) is 62.3 Å². The van der Waals surface area contributed by atoms with Crippen molar-refractivity contribution in [3.8, 4) is 0 Å². The van der Waals surface area contributed by atoms with Crippen LogP contribution >= 0.6 is 31.9 Å². The van der Waals surface area contributed by atoms with E-state index in [9.17, 15) is 8.78 Å². The average Bonchev–Trinajstić information content (AvgIpc) is 2.35. The Balaban J connectivity index is 1.84. The predicted octanol–water partition coefficient (Wildman–Crippen LogP) is 4.22. The van der Waals surface area contributed by atoms with Gasteiger partial charge in [-0.3, -0.25) is 4.98 Å². The molecule has 2 rings (SSSR count). The van der Waals surface area contributed by atoms with Gasteiger partial charge in [0.15, 0.2) is 0 Å². The minimum Gasteiger partial charge on any atom is -0.311 e. The van der Waals surface area contributed by atoms with E-state index in [4.69, 9.17) is 0 Å². The standard InChI is InChI=1S/C14H12Br2F2N2/c15-10-5-13(16)14(20-7-10)8-19-2-1-9-3-11(17)6-12(18)4-9/h3-7,19H,1-2,8H2. The van der Waals surface area contributed by atoms with E-state index in [-0.39, 0.29) is 0 Å². The van der Waals surface area contributed by atoms with Crippen molar-refractivity contribution in [3.63, 3.8) is 0 Å². The second-order valence-electron chi connectivity index (χ2n) is 4.29. The van der Waals surface area contributed by atoms with Crippen molar-refractivity contribution < 1.29 is 8.78 Å². The van der Waals surface area contributed by atoms with Crippen LogP contribution in [0.25, 0.3) is 0 Å². The molecule has 1 N–H and O–H groups in total. The maximum Gasteiger partial charge on any atom is 0.126 e. The second-order valence-corrected chi connectivity index (χ2v) is 6.06. The number of rotatable bonds is 5. The lowest BCUT2D eigenvalue weighted by Crippen LogP contribution is -2.18. The summed E-state index contributed by atoms with van der Waals surface area (Å²) in [6.45, 7) is 1.21. The van der Waals surface area contributed by atoms with E-state index in [0.717, 1.165) is 20.7 Å². The smallest absolute Gasteiger partial charge is 0.126 e. The average molecular weight is 406 g/mol. The highest BCUT2D eigenvalue weighted by Gasteiger charge is 2.03. The molecule has 0 aliphatic carbocycles.